The molecular weight excluding hydrogens is 292 g/mol. The lowest BCUT2D eigenvalue weighted by Gasteiger charge is -2.66. The number of rotatable bonds is 3. The van der Waals surface area contributed by atoms with Crippen molar-refractivity contribution in [1.29, 1.82) is 0 Å². The van der Waals surface area contributed by atoms with Crippen LogP contribution in [-0.2, 0) is 4.79 Å². The molecule has 5 rings (SSSR count). The van der Waals surface area contributed by atoms with Gasteiger partial charge in [-0.25, -0.2) is 0 Å². The maximum Gasteiger partial charge on any atom is 0.157 e. The predicted molar refractivity (Wildman–Crippen MR) is 86.1 cm³/mol. The summed E-state index contributed by atoms with van der Waals surface area (Å²) in [6.45, 7) is 7.44. The summed E-state index contributed by atoms with van der Waals surface area (Å²) in [6.07, 6.45) is 1.86. The van der Waals surface area contributed by atoms with Gasteiger partial charge < -0.3 is 10.2 Å². The zero-order valence-electron chi connectivity index (χ0n) is 13.7. The lowest BCUT2D eigenvalue weighted by atomic mass is 9.58. The normalized spacial score (nSPS) is 41.5. The number of carbonyl (C=O) groups excluding carboxylic acids is 1. The fourth-order valence-corrected chi connectivity index (χ4v) is 5.08. The largest absolute Gasteiger partial charge is 0.504 e. The van der Waals surface area contributed by atoms with Crippen LogP contribution in [0.2, 0.25) is 0 Å². The molecule has 0 aliphatic carbocycles. The average Bonchev–Trinajstić information content (AvgIpc) is 2.54. The van der Waals surface area contributed by atoms with Gasteiger partial charge in [0.2, 0.25) is 0 Å². The Labute approximate surface area is 136 Å². The van der Waals surface area contributed by atoms with E-state index in [0.29, 0.717) is 5.78 Å². The van der Waals surface area contributed by atoms with Crippen LogP contribution >= 0.6 is 0 Å². The highest BCUT2D eigenvalue weighted by atomic mass is 16.3. The van der Waals surface area contributed by atoms with Crippen LogP contribution in [0.1, 0.15) is 38.4 Å². The van der Waals surface area contributed by atoms with Crippen molar-refractivity contribution in [3.8, 4) is 11.5 Å². The molecule has 4 fully saturated rings. The van der Waals surface area contributed by atoms with E-state index in [1.807, 2.05) is 6.07 Å². The third kappa shape index (κ3) is 1.83. The van der Waals surface area contributed by atoms with Crippen molar-refractivity contribution in [1.82, 2.24) is 9.80 Å². The van der Waals surface area contributed by atoms with Gasteiger partial charge in [0.15, 0.2) is 11.5 Å². The van der Waals surface area contributed by atoms with E-state index in [9.17, 15) is 15.0 Å². The third-order valence-electron chi connectivity index (χ3n) is 6.33. The highest BCUT2D eigenvalue weighted by molar-refractivity contribution is 5.93. The second-order valence-corrected chi connectivity index (χ2v) is 7.53. The van der Waals surface area contributed by atoms with Gasteiger partial charge in [0, 0.05) is 26.2 Å². The first-order chi connectivity index (χ1) is 10.9. The molecule has 23 heavy (non-hydrogen) atoms. The average molecular weight is 316 g/mol. The van der Waals surface area contributed by atoms with Gasteiger partial charge in [-0.1, -0.05) is 19.9 Å². The first kappa shape index (κ1) is 15.0. The van der Waals surface area contributed by atoms with Crippen LogP contribution in [0, 0.1) is 10.8 Å². The minimum atomic E-state index is -0.234. The molecule has 0 amide bonds. The van der Waals surface area contributed by atoms with E-state index in [-0.39, 0.29) is 28.5 Å². The number of phenols is 2. The van der Waals surface area contributed by atoms with Crippen molar-refractivity contribution in [2.75, 3.05) is 26.2 Å². The maximum atomic E-state index is 13.1. The number of Topliss-reactive ketones (excluding diaryl/α,β-unsaturated/α-hetero) is 1. The highest BCUT2D eigenvalue weighted by Crippen LogP contribution is 2.54. The molecule has 4 bridgehead atoms. The molecule has 0 spiro atoms. The Bertz CT molecular complexity index is 630. The van der Waals surface area contributed by atoms with Gasteiger partial charge in [-0.3, -0.25) is 14.6 Å². The molecule has 0 radical (unpaired) electrons. The summed E-state index contributed by atoms with van der Waals surface area (Å²) >= 11 is 0. The van der Waals surface area contributed by atoms with Crippen LogP contribution in [0.15, 0.2) is 18.2 Å². The van der Waals surface area contributed by atoms with E-state index in [0.717, 1.165) is 44.6 Å². The highest BCUT2D eigenvalue weighted by Gasteiger charge is 2.64. The van der Waals surface area contributed by atoms with Crippen LogP contribution in [0.3, 0.4) is 0 Å². The van der Waals surface area contributed by atoms with Gasteiger partial charge in [-0.2, -0.15) is 0 Å². The minimum absolute atomic E-state index is 0.0785. The molecular formula is C18H24N2O3. The molecule has 1 aromatic rings. The Hall–Kier alpha value is -1.59. The Morgan fingerprint density at radius 2 is 1.52 bits per heavy atom. The number of benzene rings is 1. The second kappa shape index (κ2) is 4.71. The van der Waals surface area contributed by atoms with Crippen molar-refractivity contribution in [2.24, 2.45) is 10.8 Å². The Morgan fingerprint density at radius 1 is 1.00 bits per heavy atom. The summed E-state index contributed by atoms with van der Waals surface area (Å²) < 4.78 is 0. The summed E-state index contributed by atoms with van der Waals surface area (Å²) in [7, 11) is 0. The molecule has 4 heterocycles. The number of aromatic hydroxyl groups is 2. The van der Waals surface area contributed by atoms with E-state index in [1.54, 1.807) is 12.1 Å². The van der Waals surface area contributed by atoms with Gasteiger partial charge in [0.25, 0.3) is 0 Å². The fraction of sp³-hybridized carbons (Fsp3) is 0.611. The summed E-state index contributed by atoms with van der Waals surface area (Å²) in [5.41, 5.74) is 0.522. The van der Waals surface area contributed by atoms with Crippen molar-refractivity contribution in [3.05, 3.63) is 23.8 Å². The molecule has 5 nitrogen and oxygen atoms in total. The fourth-order valence-electron chi connectivity index (χ4n) is 5.08. The van der Waals surface area contributed by atoms with Crippen molar-refractivity contribution < 1.29 is 15.0 Å². The number of piperidine rings is 2. The second-order valence-electron chi connectivity index (χ2n) is 7.53. The SMILES string of the molecule is CCC12CN3CC(CC)(CN(C1)C3c1ccc(O)c(O)c1)C2=O. The maximum absolute atomic E-state index is 13.1. The molecule has 1 aromatic carbocycles. The van der Waals surface area contributed by atoms with Crippen LogP contribution in [0.5, 0.6) is 11.5 Å². The topological polar surface area (TPSA) is 64.0 Å². The Balaban J connectivity index is 1.75. The summed E-state index contributed by atoms with van der Waals surface area (Å²) in [5, 5.41) is 19.4. The molecule has 0 saturated carbocycles. The number of ketones is 1. The standard InChI is InChI=1S/C18H24N2O3/c1-3-17-8-19-10-18(4-2,16(17)23)11-20(9-17)15(19)12-5-6-13(21)14(22)7-12/h5-7,15,21-22H,3-4,8-11H2,1-2H3. The van der Waals surface area contributed by atoms with Gasteiger partial charge in [0.05, 0.1) is 17.0 Å². The van der Waals surface area contributed by atoms with Crippen LogP contribution in [-0.4, -0.2) is 52.0 Å². The van der Waals surface area contributed by atoms with Gasteiger partial charge >= 0.3 is 0 Å². The number of carbonyl (C=O) groups is 1. The van der Waals surface area contributed by atoms with E-state index in [4.69, 9.17) is 0 Å². The van der Waals surface area contributed by atoms with E-state index >= 15 is 0 Å². The van der Waals surface area contributed by atoms with Crippen LogP contribution in [0.25, 0.3) is 0 Å². The number of hydrogen-bond donors (Lipinski definition) is 2. The van der Waals surface area contributed by atoms with Crippen molar-refractivity contribution in [3.63, 3.8) is 0 Å². The monoisotopic (exact) mass is 316 g/mol. The lowest BCUT2D eigenvalue weighted by Crippen LogP contribution is -2.76. The molecule has 4 aliphatic heterocycles. The Morgan fingerprint density at radius 3 is 1.96 bits per heavy atom. The van der Waals surface area contributed by atoms with Crippen LogP contribution in [0.4, 0.5) is 0 Å². The summed E-state index contributed by atoms with van der Waals surface area (Å²) in [4.78, 5) is 17.9. The zero-order chi connectivity index (χ0) is 16.4. The van der Waals surface area contributed by atoms with Crippen molar-refractivity contribution >= 4 is 5.78 Å². The molecule has 4 aliphatic rings. The van der Waals surface area contributed by atoms with E-state index in [2.05, 4.69) is 23.6 Å². The van der Waals surface area contributed by atoms with Gasteiger partial charge in [-0.05, 0) is 30.5 Å². The first-order valence-electron chi connectivity index (χ1n) is 8.49. The molecule has 0 unspecified atom stereocenters. The predicted octanol–water partition coefficient (Wildman–Crippen LogP) is 2.10. The molecule has 124 valence electrons. The third-order valence-corrected chi connectivity index (χ3v) is 6.33. The first-order valence-corrected chi connectivity index (χ1v) is 8.49. The van der Waals surface area contributed by atoms with Crippen molar-refractivity contribution in [2.45, 2.75) is 32.9 Å². The zero-order valence-corrected chi connectivity index (χ0v) is 13.7. The number of nitrogens with zero attached hydrogens (tertiary/aromatic N) is 2. The Kier molecular flexibility index (Phi) is 3.06. The molecule has 5 heteroatoms. The summed E-state index contributed by atoms with van der Waals surface area (Å²) in [5.74, 6) is 0.299. The molecule has 2 N–H and O–H groups in total. The number of hydrogen-bond acceptors (Lipinski definition) is 5. The smallest absolute Gasteiger partial charge is 0.157 e. The minimum Gasteiger partial charge on any atom is -0.504 e. The molecule has 4 saturated heterocycles. The molecule has 0 aromatic heterocycles. The quantitative estimate of drug-likeness (QED) is 0.836. The van der Waals surface area contributed by atoms with E-state index < -0.39 is 0 Å². The van der Waals surface area contributed by atoms with Crippen LogP contribution < -0.4 is 0 Å². The van der Waals surface area contributed by atoms with Gasteiger partial charge in [0.1, 0.15) is 5.78 Å². The lowest BCUT2D eigenvalue weighted by molar-refractivity contribution is -0.204. The number of phenolic OH excluding ortho intramolecular Hbond substituents is 2. The van der Waals surface area contributed by atoms with Gasteiger partial charge in [-0.15, -0.1) is 0 Å². The summed E-state index contributed by atoms with van der Waals surface area (Å²) in [6, 6.07) is 5.08. The van der Waals surface area contributed by atoms with E-state index in [1.165, 1.54) is 0 Å². The molecule has 0 atom stereocenters.